The van der Waals surface area contributed by atoms with Crippen LogP contribution in [0.25, 0.3) is 15.1 Å². The van der Waals surface area contributed by atoms with E-state index in [1.54, 1.807) is 0 Å². The summed E-state index contributed by atoms with van der Waals surface area (Å²) in [4.78, 5) is 11.0. The van der Waals surface area contributed by atoms with E-state index in [2.05, 4.69) is 25.0 Å². The van der Waals surface area contributed by atoms with Crippen molar-refractivity contribution in [3.05, 3.63) is 47.3 Å². The minimum atomic E-state index is -1.01. The van der Waals surface area contributed by atoms with Crippen molar-refractivity contribution in [3.63, 3.8) is 0 Å². The molecule has 2 heterocycles. The molecule has 0 spiro atoms. The number of aromatic carboxylic acids is 1. The van der Waals surface area contributed by atoms with E-state index in [0.29, 0.717) is 11.5 Å². The van der Waals surface area contributed by atoms with Crippen LogP contribution in [0.4, 0.5) is 0 Å². The Morgan fingerprint density at radius 1 is 1.48 bits per heavy atom. The first-order valence-electron chi connectivity index (χ1n) is 7.23. The second-order valence-corrected chi connectivity index (χ2v) is 6.82. The molecule has 0 aliphatic carbocycles. The van der Waals surface area contributed by atoms with Crippen molar-refractivity contribution in [2.75, 3.05) is 0 Å². The van der Waals surface area contributed by atoms with Gasteiger partial charge in [0.15, 0.2) is 0 Å². The minimum Gasteiger partial charge on any atom is -0.478 e. The predicted molar refractivity (Wildman–Crippen MR) is 89.2 cm³/mol. The molecule has 1 N–H and O–H groups in total. The van der Waals surface area contributed by atoms with Crippen LogP contribution in [0.5, 0.6) is 0 Å². The van der Waals surface area contributed by atoms with E-state index in [1.807, 2.05) is 18.2 Å². The van der Waals surface area contributed by atoms with Crippen LogP contribution < -0.4 is 0 Å². The largest absolute Gasteiger partial charge is 0.478 e. The number of hydrogen-bond acceptors (Lipinski definition) is 4. The lowest BCUT2D eigenvalue weighted by molar-refractivity contribution is 0.0697. The number of hydrogen-bond donors (Lipinski definition) is 1. The van der Waals surface area contributed by atoms with Crippen LogP contribution in [-0.4, -0.2) is 20.9 Å². The van der Waals surface area contributed by atoms with E-state index in [1.165, 1.54) is 28.4 Å². The average molecular weight is 325 g/mol. The predicted octanol–water partition coefficient (Wildman–Crippen LogP) is 3.86. The molecule has 116 valence electrons. The molecule has 0 aliphatic rings. The van der Waals surface area contributed by atoms with Crippen molar-refractivity contribution < 1.29 is 9.90 Å². The monoisotopic (exact) mass is 325 g/mol. The third-order valence-corrected chi connectivity index (χ3v) is 4.71. The standard InChI is InChI=1S/C17H15N3O2S/c1-10(2)5-11-3-4-12-6-15(23-16(12)14(11)7-18)20-9-13(8-19-20)17(21)22/h3-4,6,8-10H,5H2,1-2H3,(H,21,22). The molecular formula is C17H15N3O2S. The Labute approximate surface area is 137 Å². The summed E-state index contributed by atoms with van der Waals surface area (Å²) in [7, 11) is 0. The van der Waals surface area contributed by atoms with Gasteiger partial charge in [0.05, 0.1) is 22.0 Å². The molecule has 0 radical (unpaired) electrons. The van der Waals surface area contributed by atoms with Gasteiger partial charge in [-0.15, -0.1) is 11.3 Å². The molecule has 3 aromatic rings. The maximum absolute atomic E-state index is 11.0. The summed E-state index contributed by atoms with van der Waals surface area (Å²) in [5.74, 6) is -0.530. The molecule has 6 heteroatoms. The highest BCUT2D eigenvalue weighted by atomic mass is 32.1. The van der Waals surface area contributed by atoms with Crippen LogP contribution in [0.2, 0.25) is 0 Å². The number of aromatic nitrogens is 2. The van der Waals surface area contributed by atoms with Crippen LogP contribution in [0.3, 0.4) is 0 Å². The second kappa shape index (κ2) is 5.86. The molecule has 0 saturated carbocycles. The van der Waals surface area contributed by atoms with E-state index in [9.17, 15) is 10.1 Å². The molecule has 0 bridgehead atoms. The molecule has 0 fully saturated rings. The normalized spacial score (nSPS) is 11.0. The van der Waals surface area contributed by atoms with Gasteiger partial charge in [-0.1, -0.05) is 26.0 Å². The highest BCUT2D eigenvalue weighted by Crippen LogP contribution is 2.33. The lowest BCUT2D eigenvalue weighted by atomic mass is 9.97. The number of nitriles is 1. The Bertz CT molecular complexity index is 931. The fourth-order valence-corrected chi connectivity index (χ4v) is 3.64. The number of carbonyl (C=O) groups is 1. The van der Waals surface area contributed by atoms with Gasteiger partial charge in [-0.25, -0.2) is 9.48 Å². The Morgan fingerprint density at radius 2 is 2.26 bits per heavy atom. The first kappa shape index (κ1) is 15.3. The summed E-state index contributed by atoms with van der Waals surface area (Å²) in [5, 5.41) is 24.4. The van der Waals surface area contributed by atoms with Gasteiger partial charge in [0.2, 0.25) is 0 Å². The number of thiophene rings is 1. The van der Waals surface area contributed by atoms with Gasteiger partial charge in [0, 0.05) is 6.20 Å². The highest BCUT2D eigenvalue weighted by molar-refractivity contribution is 7.21. The van der Waals surface area contributed by atoms with E-state index < -0.39 is 5.97 Å². The van der Waals surface area contributed by atoms with Crippen LogP contribution >= 0.6 is 11.3 Å². The molecule has 0 amide bonds. The number of fused-ring (bicyclic) bond motifs is 1. The van der Waals surface area contributed by atoms with E-state index in [-0.39, 0.29) is 5.56 Å². The molecule has 1 aromatic carbocycles. The lowest BCUT2D eigenvalue weighted by Gasteiger charge is -2.07. The summed E-state index contributed by atoms with van der Waals surface area (Å²) in [6, 6.07) is 8.26. The molecular weight excluding hydrogens is 310 g/mol. The van der Waals surface area contributed by atoms with Crippen LogP contribution in [-0.2, 0) is 6.42 Å². The van der Waals surface area contributed by atoms with Gasteiger partial charge in [0.1, 0.15) is 11.1 Å². The number of rotatable bonds is 4. The van der Waals surface area contributed by atoms with E-state index in [0.717, 1.165) is 27.1 Å². The zero-order valence-electron chi connectivity index (χ0n) is 12.8. The molecule has 0 atom stereocenters. The molecule has 0 aliphatic heterocycles. The Kier molecular flexibility index (Phi) is 3.89. The number of carboxylic acids is 1. The zero-order chi connectivity index (χ0) is 16.6. The average Bonchev–Trinajstić information content (AvgIpc) is 3.12. The maximum Gasteiger partial charge on any atom is 0.338 e. The quantitative estimate of drug-likeness (QED) is 0.790. The van der Waals surface area contributed by atoms with Gasteiger partial charge >= 0.3 is 5.97 Å². The van der Waals surface area contributed by atoms with Gasteiger partial charge < -0.3 is 5.11 Å². The van der Waals surface area contributed by atoms with Crippen molar-refractivity contribution in [1.82, 2.24) is 9.78 Å². The lowest BCUT2D eigenvalue weighted by Crippen LogP contribution is -1.97. The summed E-state index contributed by atoms with van der Waals surface area (Å²) in [5.41, 5.74) is 1.90. The fourth-order valence-electron chi connectivity index (χ4n) is 2.53. The molecule has 5 nitrogen and oxygen atoms in total. The summed E-state index contributed by atoms with van der Waals surface area (Å²) in [6.45, 7) is 4.25. The van der Waals surface area contributed by atoms with Crippen molar-refractivity contribution >= 4 is 27.4 Å². The summed E-state index contributed by atoms with van der Waals surface area (Å²) < 4.78 is 2.46. The first-order chi connectivity index (χ1) is 11.0. The molecule has 2 aromatic heterocycles. The van der Waals surface area contributed by atoms with Crippen molar-refractivity contribution in [3.8, 4) is 11.1 Å². The second-order valence-electron chi connectivity index (χ2n) is 5.79. The third-order valence-electron chi connectivity index (χ3n) is 3.56. The van der Waals surface area contributed by atoms with Crippen molar-refractivity contribution in [1.29, 1.82) is 5.26 Å². The SMILES string of the molecule is CC(C)Cc1ccc2cc(-n3cc(C(=O)O)cn3)sc2c1C#N. The van der Waals surface area contributed by atoms with Crippen molar-refractivity contribution in [2.45, 2.75) is 20.3 Å². The Hall–Kier alpha value is -2.65. The smallest absolute Gasteiger partial charge is 0.338 e. The molecule has 0 unspecified atom stereocenters. The first-order valence-corrected chi connectivity index (χ1v) is 8.05. The van der Waals surface area contributed by atoms with Crippen LogP contribution in [0.15, 0.2) is 30.6 Å². The number of benzene rings is 1. The Morgan fingerprint density at radius 3 is 2.87 bits per heavy atom. The summed E-state index contributed by atoms with van der Waals surface area (Å²) >= 11 is 1.45. The summed E-state index contributed by atoms with van der Waals surface area (Å²) in [6.07, 6.45) is 3.66. The maximum atomic E-state index is 11.0. The van der Waals surface area contributed by atoms with Crippen molar-refractivity contribution in [2.24, 2.45) is 5.92 Å². The van der Waals surface area contributed by atoms with Crippen LogP contribution in [0, 0.1) is 17.2 Å². The van der Waals surface area contributed by atoms with Gasteiger partial charge in [-0.3, -0.25) is 0 Å². The zero-order valence-corrected chi connectivity index (χ0v) is 13.6. The molecule has 23 heavy (non-hydrogen) atoms. The molecule has 3 rings (SSSR count). The van der Waals surface area contributed by atoms with Gasteiger partial charge in [0.25, 0.3) is 0 Å². The third kappa shape index (κ3) is 2.83. The van der Waals surface area contributed by atoms with Gasteiger partial charge in [-0.2, -0.15) is 10.4 Å². The minimum absolute atomic E-state index is 0.142. The van der Waals surface area contributed by atoms with E-state index in [4.69, 9.17) is 5.11 Å². The Balaban J connectivity index is 2.11. The highest BCUT2D eigenvalue weighted by Gasteiger charge is 2.14. The topological polar surface area (TPSA) is 78.9 Å². The number of carboxylic acid groups (broad SMARTS) is 1. The molecule has 0 saturated heterocycles. The van der Waals surface area contributed by atoms with Gasteiger partial charge in [-0.05, 0) is 29.4 Å². The van der Waals surface area contributed by atoms with E-state index >= 15 is 0 Å². The van der Waals surface area contributed by atoms with Crippen LogP contribution in [0.1, 0.15) is 35.3 Å². The number of nitrogens with zero attached hydrogens (tertiary/aromatic N) is 3. The fraction of sp³-hybridized carbons (Fsp3) is 0.235.